The van der Waals surface area contributed by atoms with Gasteiger partial charge in [-0.3, -0.25) is 4.79 Å². The van der Waals surface area contributed by atoms with Crippen LogP contribution >= 0.6 is 0 Å². The quantitative estimate of drug-likeness (QED) is 0.828. The van der Waals surface area contributed by atoms with Crippen LogP contribution in [0.4, 0.5) is 0 Å². The fraction of sp³-hybridized carbons (Fsp3) is 0.611. The van der Waals surface area contributed by atoms with Crippen LogP contribution in [0.5, 0.6) is 0 Å². The Bertz CT molecular complexity index is 408. The molecule has 0 saturated carbocycles. The molecule has 1 aromatic carbocycles. The van der Waals surface area contributed by atoms with Gasteiger partial charge in [-0.1, -0.05) is 39.8 Å². The lowest BCUT2D eigenvalue weighted by Gasteiger charge is -2.27. The summed E-state index contributed by atoms with van der Waals surface area (Å²) in [5, 5.41) is 3.10. The standard InChI is InChI=1S/C16H26N2O.C2H6/c1-12(2)9-10-16(3,4)18-15(19)14-7-5-13(11-17)6-8-14;1-2/h5-8,12H,9-11,17H2,1-4H3,(H,18,19);1-2H3. The molecule has 0 heterocycles. The van der Waals surface area contributed by atoms with E-state index in [2.05, 4.69) is 33.0 Å². The first kappa shape index (κ1) is 19.7. The second kappa shape index (κ2) is 9.56. The molecule has 0 aliphatic rings. The Morgan fingerprint density at radius 2 is 1.71 bits per heavy atom. The number of nitrogens with one attached hydrogen (secondary N) is 1. The molecule has 1 amide bonds. The second-order valence-electron chi connectivity index (χ2n) is 6.17. The molecule has 0 aliphatic carbocycles. The van der Waals surface area contributed by atoms with E-state index in [4.69, 9.17) is 5.73 Å². The van der Waals surface area contributed by atoms with Crippen LogP contribution in [-0.2, 0) is 6.54 Å². The highest BCUT2D eigenvalue weighted by molar-refractivity contribution is 5.94. The van der Waals surface area contributed by atoms with Crippen molar-refractivity contribution < 1.29 is 4.79 Å². The van der Waals surface area contributed by atoms with E-state index in [1.165, 1.54) is 0 Å². The molecule has 120 valence electrons. The monoisotopic (exact) mass is 292 g/mol. The van der Waals surface area contributed by atoms with Gasteiger partial charge in [-0.05, 0) is 50.3 Å². The zero-order chi connectivity index (χ0) is 16.5. The summed E-state index contributed by atoms with van der Waals surface area (Å²) in [7, 11) is 0. The second-order valence-corrected chi connectivity index (χ2v) is 6.17. The van der Waals surface area contributed by atoms with Gasteiger partial charge in [0.05, 0.1) is 0 Å². The molecule has 3 heteroatoms. The summed E-state index contributed by atoms with van der Waals surface area (Å²) in [5.74, 6) is 0.636. The Labute approximate surface area is 130 Å². The van der Waals surface area contributed by atoms with E-state index < -0.39 is 0 Å². The zero-order valence-electron chi connectivity index (χ0n) is 14.5. The normalized spacial score (nSPS) is 10.9. The van der Waals surface area contributed by atoms with Crippen molar-refractivity contribution in [2.24, 2.45) is 11.7 Å². The Hall–Kier alpha value is -1.35. The predicted molar refractivity (Wildman–Crippen MR) is 91.3 cm³/mol. The predicted octanol–water partition coefficient (Wildman–Crippen LogP) is 4.12. The van der Waals surface area contributed by atoms with Gasteiger partial charge in [-0.2, -0.15) is 0 Å². The molecule has 0 atom stereocenters. The highest BCUT2D eigenvalue weighted by Crippen LogP contribution is 2.16. The van der Waals surface area contributed by atoms with E-state index in [-0.39, 0.29) is 11.4 Å². The van der Waals surface area contributed by atoms with Crippen molar-refractivity contribution in [3.63, 3.8) is 0 Å². The molecule has 0 aromatic heterocycles. The van der Waals surface area contributed by atoms with Crippen molar-refractivity contribution in [3.05, 3.63) is 35.4 Å². The summed E-state index contributed by atoms with van der Waals surface area (Å²) >= 11 is 0. The summed E-state index contributed by atoms with van der Waals surface area (Å²) in [6.07, 6.45) is 2.09. The molecule has 0 unspecified atom stereocenters. The minimum absolute atomic E-state index is 0.0164. The average molecular weight is 292 g/mol. The molecule has 1 aromatic rings. The van der Waals surface area contributed by atoms with Crippen LogP contribution in [0.1, 0.15) is 70.3 Å². The molecule has 3 N–H and O–H groups in total. The molecule has 21 heavy (non-hydrogen) atoms. The van der Waals surface area contributed by atoms with Gasteiger partial charge in [0.2, 0.25) is 0 Å². The first-order valence-electron chi connectivity index (χ1n) is 7.95. The van der Waals surface area contributed by atoms with E-state index in [0.717, 1.165) is 18.4 Å². The lowest BCUT2D eigenvalue weighted by molar-refractivity contribution is 0.0906. The molecule has 0 radical (unpaired) electrons. The molecular weight excluding hydrogens is 260 g/mol. The van der Waals surface area contributed by atoms with Crippen LogP contribution < -0.4 is 11.1 Å². The van der Waals surface area contributed by atoms with Crippen LogP contribution in [0, 0.1) is 5.92 Å². The Balaban J connectivity index is 0.00000191. The molecule has 0 spiro atoms. The summed E-state index contributed by atoms with van der Waals surface area (Å²) in [6, 6.07) is 7.46. The minimum Gasteiger partial charge on any atom is -0.347 e. The Morgan fingerprint density at radius 1 is 1.19 bits per heavy atom. The van der Waals surface area contributed by atoms with Crippen LogP contribution in [-0.4, -0.2) is 11.4 Å². The molecule has 1 rings (SSSR count). The minimum atomic E-state index is -0.173. The van der Waals surface area contributed by atoms with Crippen molar-refractivity contribution in [3.8, 4) is 0 Å². The van der Waals surface area contributed by atoms with Crippen molar-refractivity contribution in [1.29, 1.82) is 0 Å². The topological polar surface area (TPSA) is 55.1 Å². The molecule has 0 aliphatic heterocycles. The first-order chi connectivity index (χ1) is 9.84. The average Bonchev–Trinajstić information content (AvgIpc) is 2.47. The summed E-state index contributed by atoms with van der Waals surface area (Å²) < 4.78 is 0. The van der Waals surface area contributed by atoms with Gasteiger partial charge < -0.3 is 11.1 Å². The fourth-order valence-electron chi connectivity index (χ4n) is 1.88. The number of carbonyl (C=O) groups is 1. The van der Waals surface area contributed by atoms with Gasteiger partial charge in [0.1, 0.15) is 0 Å². The first-order valence-corrected chi connectivity index (χ1v) is 7.95. The Morgan fingerprint density at radius 3 is 2.14 bits per heavy atom. The van der Waals surface area contributed by atoms with E-state index in [9.17, 15) is 4.79 Å². The van der Waals surface area contributed by atoms with Gasteiger partial charge in [-0.25, -0.2) is 0 Å². The molecular formula is C18H32N2O. The maximum atomic E-state index is 12.2. The maximum Gasteiger partial charge on any atom is 0.251 e. The van der Waals surface area contributed by atoms with Crippen LogP contribution in [0.2, 0.25) is 0 Å². The third-order valence-electron chi connectivity index (χ3n) is 3.25. The van der Waals surface area contributed by atoms with Crippen molar-refractivity contribution in [1.82, 2.24) is 5.32 Å². The molecule has 0 fully saturated rings. The van der Waals surface area contributed by atoms with E-state index >= 15 is 0 Å². The molecule has 0 saturated heterocycles. The van der Waals surface area contributed by atoms with Crippen molar-refractivity contribution >= 4 is 5.91 Å². The zero-order valence-corrected chi connectivity index (χ0v) is 14.5. The summed E-state index contributed by atoms with van der Waals surface area (Å²) in [6.45, 7) is 13.0. The Kier molecular flexibility index (Phi) is 8.95. The number of nitrogens with two attached hydrogens (primary N) is 1. The van der Waals surface area contributed by atoms with E-state index in [1.807, 2.05) is 38.1 Å². The highest BCUT2D eigenvalue weighted by atomic mass is 16.1. The summed E-state index contributed by atoms with van der Waals surface area (Å²) in [4.78, 5) is 12.2. The van der Waals surface area contributed by atoms with Crippen molar-refractivity contribution in [2.75, 3.05) is 0 Å². The molecule has 3 nitrogen and oxygen atoms in total. The van der Waals surface area contributed by atoms with Gasteiger partial charge in [0.15, 0.2) is 0 Å². The van der Waals surface area contributed by atoms with Gasteiger partial charge >= 0.3 is 0 Å². The fourth-order valence-corrected chi connectivity index (χ4v) is 1.88. The molecule has 0 bridgehead atoms. The van der Waals surface area contributed by atoms with Gasteiger partial charge in [-0.15, -0.1) is 0 Å². The van der Waals surface area contributed by atoms with Gasteiger partial charge in [0.25, 0.3) is 5.91 Å². The highest BCUT2D eigenvalue weighted by Gasteiger charge is 2.21. The van der Waals surface area contributed by atoms with E-state index in [1.54, 1.807) is 0 Å². The van der Waals surface area contributed by atoms with Crippen LogP contribution in [0.25, 0.3) is 0 Å². The van der Waals surface area contributed by atoms with Gasteiger partial charge in [0, 0.05) is 17.6 Å². The number of carbonyl (C=O) groups excluding carboxylic acids is 1. The third-order valence-corrected chi connectivity index (χ3v) is 3.25. The number of hydrogen-bond donors (Lipinski definition) is 2. The van der Waals surface area contributed by atoms with E-state index in [0.29, 0.717) is 18.0 Å². The lowest BCUT2D eigenvalue weighted by atomic mass is 9.93. The largest absolute Gasteiger partial charge is 0.347 e. The number of rotatable bonds is 6. The third kappa shape index (κ3) is 7.86. The number of hydrogen-bond acceptors (Lipinski definition) is 2. The summed E-state index contributed by atoms with van der Waals surface area (Å²) in [5.41, 5.74) is 7.10. The maximum absolute atomic E-state index is 12.2. The smallest absolute Gasteiger partial charge is 0.251 e. The number of benzene rings is 1. The van der Waals surface area contributed by atoms with Crippen LogP contribution in [0.3, 0.4) is 0 Å². The lowest BCUT2D eigenvalue weighted by Crippen LogP contribution is -2.43. The van der Waals surface area contributed by atoms with Crippen molar-refractivity contribution in [2.45, 2.75) is 66.5 Å². The van der Waals surface area contributed by atoms with Crippen LogP contribution in [0.15, 0.2) is 24.3 Å². The SMILES string of the molecule is CC.CC(C)CCC(C)(C)NC(=O)c1ccc(CN)cc1. The number of amides is 1.